The standard InChI is InChI=1S/C20H20F2N4OS2/c1-12-24-16-4-2-13(26-7-6-20(21,22)11-26)8-15(16)19(25-12)28-10-17(27)18-5-3-14(9-23)29-18/h2-5,8H,6-7,9-11,23H2,1H3. The quantitative estimate of drug-likeness (QED) is 0.355. The number of Topliss-reactive ketones (excluding diaryl/α,β-unsaturated/α-hetero) is 1. The van der Waals surface area contributed by atoms with Gasteiger partial charge in [-0.05, 0) is 37.3 Å². The first-order valence-electron chi connectivity index (χ1n) is 9.20. The molecule has 29 heavy (non-hydrogen) atoms. The molecule has 4 rings (SSSR count). The SMILES string of the molecule is Cc1nc(SCC(=O)c2ccc(CN)s2)c2cc(N3CCC(F)(F)C3)ccc2n1. The van der Waals surface area contributed by atoms with E-state index in [0.717, 1.165) is 21.5 Å². The highest BCUT2D eigenvalue weighted by Gasteiger charge is 2.38. The number of rotatable bonds is 6. The third-order valence-corrected chi connectivity index (χ3v) is 6.91. The summed E-state index contributed by atoms with van der Waals surface area (Å²) in [5.41, 5.74) is 7.08. The molecule has 1 fully saturated rings. The van der Waals surface area contributed by atoms with Crippen molar-refractivity contribution in [1.29, 1.82) is 0 Å². The minimum Gasteiger partial charge on any atom is -0.365 e. The molecule has 0 spiro atoms. The number of carbonyl (C=O) groups excluding carboxylic acids is 1. The van der Waals surface area contributed by atoms with Crippen molar-refractivity contribution in [2.24, 2.45) is 5.73 Å². The number of anilines is 1. The molecule has 0 unspecified atom stereocenters. The Hall–Kier alpha value is -2.10. The van der Waals surface area contributed by atoms with Gasteiger partial charge in [0.2, 0.25) is 0 Å². The largest absolute Gasteiger partial charge is 0.365 e. The number of alkyl halides is 2. The fourth-order valence-electron chi connectivity index (χ4n) is 3.30. The lowest BCUT2D eigenvalue weighted by Gasteiger charge is -2.19. The number of nitrogens with zero attached hydrogens (tertiary/aromatic N) is 3. The van der Waals surface area contributed by atoms with Gasteiger partial charge in [0.05, 0.1) is 22.7 Å². The van der Waals surface area contributed by atoms with Crippen LogP contribution in [0.4, 0.5) is 14.5 Å². The third-order valence-electron chi connectivity index (χ3n) is 4.77. The molecule has 0 aliphatic carbocycles. The van der Waals surface area contributed by atoms with Crippen LogP contribution < -0.4 is 10.6 Å². The maximum Gasteiger partial charge on any atom is 0.266 e. The van der Waals surface area contributed by atoms with Gasteiger partial charge in [0.1, 0.15) is 10.9 Å². The van der Waals surface area contributed by atoms with E-state index in [2.05, 4.69) is 9.97 Å². The molecule has 152 valence electrons. The van der Waals surface area contributed by atoms with Crippen LogP contribution in [-0.4, -0.2) is 40.5 Å². The van der Waals surface area contributed by atoms with Gasteiger partial charge < -0.3 is 10.6 Å². The molecule has 1 aliphatic rings. The number of fused-ring (bicyclic) bond motifs is 1. The highest BCUT2D eigenvalue weighted by Crippen LogP contribution is 2.34. The number of thiophene rings is 1. The van der Waals surface area contributed by atoms with Gasteiger partial charge in [-0.15, -0.1) is 11.3 Å². The summed E-state index contributed by atoms with van der Waals surface area (Å²) < 4.78 is 27.2. The van der Waals surface area contributed by atoms with E-state index in [1.807, 2.05) is 24.3 Å². The average molecular weight is 435 g/mol. The Kier molecular flexibility index (Phi) is 5.54. The van der Waals surface area contributed by atoms with E-state index in [4.69, 9.17) is 5.73 Å². The maximum atomic E-state index is 13.6. The van der Waals surface area contributed by atoms with Gasteiger partial charge in [-0.1, -0.05) is 11.8 Å². The molecule has 2 N–H and O–H groups in total. The number of ketones is 1. The van der Waals surface area contributed by atoms with Gasteiger partial charge in [-0.25, -0.2) is 18.7 Å². The Morgan fingerprint density at radius 2 is 2.14 bits per heavy atom. The molecule has 1 saturated heterocycles. The summed E-state index contributed by atoms with van der Waals surface area (Å²) in [4.78, 5) is 24.8. The van der Waals surface area contributed by atoms with Gasteiger partial charge in [0.25, 0.3) is 5.92 Å². The lowest BCUT2D eigenvalue weighted by Crippen LogP contribution is -2.24. The van der Waals surface area contributed by atoms with Crippen molar-refractivity contribution in [3.63, 3.8) is 0 Å². The zero-order valence-corrected chi connectivity index (χ0v) is 17.5. The summed E-state index contributed by atoms with van der Waals surface area (Å²) in [6, 6.07) is 9.15. The molecule has 0 atom stereocenters. The minimum absolute atomic E-state index is 0.0134. The monoisotopic (exact) mass is 434 g/mol. The lowest BCUT2D eigenvalue weighted by molar-refractivity contribution is 0.0257. The van der Waals surface area contributed by atoms with Crippen LogP contribution in [0.3, 0.4) is 0 Å². The second-order valence-corrected chi connectivity index (χ2v) is 9.12. The Balaban J connectivity index is 1.59. The molecule has 0 bridgehead atoms. The molecular formula is C20H20F2N4OS2. The van der Waals surface area contributed by atoms with Crippen molar-refractivity contribution in [3.05, 3.63) is 45.9 Å². The van der Waals surface area contributed by atoms with Crippen LogP contribution in [0.15, 0.2) is 35.4 Å². The Morgan fingerprint density at radius 3 is 2.83 bits per heavy atom. The molecule has 5 nitrogen and oxygen atoms in total. The van der Waals surface area contributed by atoms with Crippen LogP contribution in [0.2, 0.25) is 0 Å². The van der Waals surface area contributed by atoms with Crippen molar-refractivity contribution >= 4 is 45.5 Å². The van der Waals surface area contributed by atoms with Crippen LogP contribution in [0.5, 0.6) is 0 Å². The van der Waals surface area contributed by atoms with Crippen LogP contribution in [0.1, 0.15) is 26.8 Å². The van der Waals surface area contributed by atoms with E-state index >= 15 is 0 Å². The smallest absolute Gasteiger partial charge is 0.266 e. The lowest BCUT2D eigenvalue weighted by atomic mass is 10.2. The summed E-state index contributed by atoms with van der Waals surface area (Å²) >= 11 is 2.75. The summed E-state index contributed by atoms with van der Waals surface area (Å²) in [5.74, 6) is -1.80. The first kappa shape index (κ1) is 20.2. The molecule has 3 aromatic rings. The van der Waals surface area contributed by atoms with Crippen molar-refractivity contribution in [2.75, 3.05) is 23.7 Å². The van der Waals surface area contributed by atoms with E-state index in [9.17, 15) is 13.6 Å². The number of hydrogen-bond acceptors (Lipinski definition) is 7. The molecule has 9 heteroatoms. The predicted octanol–water partition coefficient (Wildman–Crippen LogP) is 4.28. The zero-order valence-electron chi connectivity index (χ0n) is 15.8. The number of halogens is 2. The number of carbonyl (C=O) groups is 1. The van der Waals surface area contributed by atoms with Gasteiger partial charge in [-0.3, -0.25) is 4.79 Å². The number of thioether (sulfide) groups is 1. The molecule has 0 radical (unpaired) electrons. The Morgan fingerprint density at radius 1 is 1.31 bits per heavy atom. The second kappa shape index (κ2) is 7.97. The predicted molar refractivity (Wildman–Crippen MR) is 113 cm³/mol. The molecule has 1 aromatic carbocycles. The maximum absolute atomic E-state index is 13.6. The van der Waals surface area contributed by atoms with E-state index in [1.165, 1.54) is 23.1 Å². The van der Waals surface area contributed by atoms with Crippen molar-refractivity contribution in [1.82, 2.24) is 9.97 Å². The first-order chi connectivity index (χ1) is 13.8. The molecular weight excluding hydrogens is 414 g/mol. The Labute approximate surface area is 175 Å². The normalized spacial score (nSPS) is 15.9. The molecule has 3 heterocycles. The van der Waals surface area contributed by atoms with Crippen LogP contribution in [-0.2, 0) is 6.54 Å². The summed E-state index contributed by atoms with van der Waals surface area (Å²) in [6.07, 6.45) is -0.142. The topological polar surface area (TPSA) is 72.1 Å². The van der Waals surface area contributed by atoms with Crippen molar-refractivity contribution < 1.29 is 13.6 Å². The highest BCUT2D eigenvalue weighted by atomic mass is 32.2. The highest BCUT2D eigenvalue weighted by molar-refractivity contribution is 8.00. The number of aromatic nitrogens is 2. The number of hydrogen-bond donors (Lipinski definition) is 1. The van der Waals surface area contributed by atoms with Crippen LogP contribution in [0, 0.1) is 6.92 Å². The third kappa shape index (κ3) is 4.41. The zero-order chi connectivity index (χ0) is 20.6. The van der Waals surface area contributed by atoms with Gasteiger partial charge in [-0.2, -0.15) is 0 Å². The van der Waals surface area contributed by atoms with Gasteiger partial charge >= 0.3 is 0 Å². The molecule has 2 aromatic heterocycles. The van der Waals surface area contributed by atoms with Gasteiger partial charge in [0.15, 0.2) is 5.78 Å². The van der Waals surface area contributed by atoms with Gasteiger partial charge in [0, 0.05) is 35.5 Å². The van der Waals surface area contributed by atoms with E-state index in [-0.39, 0.29) is 24.5 Å². The summed E-state index contributed by atoms with van der Waals surface area (Å²) in [6.45, 7) is 2.24. The van der Waals surface area contributed by atoms with Crippen LogP contribution >= 0.6 is 23.1 Å². The molecule has 0 saturated carbocycles. The van der Waals surface area contributed by atoms with E-state index < -0.39 is 5.92 Å². The fraction of sp³-hybridized carbons (Fsp3) is 0.350. The van der Waals surface area contributed by atoms with Crippen molar-refractivity contribution in [2.45, 2.75) is 30.8 Å². The minimum atomic E-state index is -2.66. The summed E-state index contributed by atoms with van der Waals surface area (Å²) in [5, 5.41) is 1.46. The average Bonchev–Trinajstić information content (AvgIpc) is 3.31. The number of nitrogens with two attached hydrogens (primary N) is 1. The summed E-state index contributed by atoms with van der Waals surface area (Å²) in [7, 11) is 0. The number of benzene rings is 1. The first-order valence-corrected chi connectivity index (χ1v) is 11.0. The fourth-order valence-corrected chi connectivity index (χ4v) is 5.16. The van der Waals surface area contributed by atoms with Crippen LogP contribution in [0.25, 0.3) is 10.9 Å². The Bertz CT molecular complexity index is 1070. The van der Waals surface area contributed by atoms with E-state index in [0.29, 0.717) is 28.8 Å². The second-order valence-electron chi connectivity index (χ2n) is 6.99. The van der Waals surface area contributed by atoms with Crippen molar-refractivity contribution in [3.8, 4) is 0 Å². The number of aryl methyl sites for hydroxylation is 1. The van der Waals surface area contributed by atoms with E-state index in [1.54, 1.807) is 17.9 Å². The molecule has 0 amide bonds. The molecule has 1 aliphatic heterocycles.